The van der Waals surface area contributed by atoms with Crippen LogP contribution in [0, 0.1) is 11.8 Å². The van der Waals surface area contributed by atoms with Gasteiger partial charge in [-0.05, 0) is 37.2 Å². The number of hydrogen-bond acceptors (Lipinski definition) is 3. The van der Waals surface area contributed by atoms with Crippen molar-refractivity contribution in [1.82, 2.24) is 10.2 Å². The molecular formula is C15H19Cl2N3O2. The molecule has 2 rings (SSSR count). The van der Waals surface area contributed by atoms with Crippen LogP contribution in [-0.2, 0) is 9.59 Å². The molecule has 1 atom stereocenters. The Kier molecular flexibility index (Phi) is 5.67. The Balaban J connectivity index is 1.87. The van der Waals surface area contributed by atoms with Crippen LogP contribution in [0.5, 0.6) is 0 Å². The Bertz CT molecular complexity index is 576. The molecule has 0 radical (unpaired) electrons. The van der Waals surface area contributed by atoms with E-state index in [9.17, 15) is 9.59 Å². The molecule has 2 N–H and O–H groups in total. The van der Waals surface area contributed by atoms with Gasteiger partial charge < -0.3 is 15.5 Å². The van der Waals surface area contributed by atoms with Gasteiger partial charge in [0, 0.05) is 18.7 Å². The third-order valence-electron chi connectivity index (χ3n) is 3.87. The first-order valence-electron chi connectivity index (χ1n) is 7.09. The second-order valence-corrected chi connectivity index (χ2v) is 6.39. The minimum absolute atomic E-state index is 0.00354. The van der Waals surface area contributed by atoms with Crippen molar-refractivity contribution >= 4 is 40.7 Å². The Morgan fingerprint density at radius 3 is 2.59 bits per heavy atom. The molecule has 1 unspecified atom stereocenters. The first-order chi connectivity index (χ1) is 10.4. The van der Waals surface area contributed by atoms with E-state index in [1.54, 1.807) is 25.2 Å². The fraction of sp³-hybridized carbons (Fsp3) is 0.467. The molecule has 0 aliphatic carbocycles. The SMILES string of the molecule is CC(C(=O)N(C)CC(=O)Nc1ccc(Cl)c(Cl)c1)C1CNC1. The molecule has 0 aromatic heterocycles. The molecule has 1 aliphatic heterocycles. The van der Waals surface area contributed by atoms with Gasteiger partial charge in [-0.15, -0.1) is 0 Å². The lowest BCUT2D eigenvalue weighted by molar-refractivity contribution is -0.138. The maximum Gasteiger partial charge on any atom is 0.243 e. The van der Waals surface area contributed by atoms with Gasteiger partial charge in [-0.3, -0.25) is 9.59 Å². The molecule has 120 valence electrons. The first-order valence-corrected chi connectivity index (χ1v) is 7.84. The Morgan fingerprint density at radius 1 is 1.36 bits per heavy atom. The van der Waals surface area contributed by atoms with E-state index in [0.29, 0.717) is 21.7 Å². The maximum atomic E-state index is 12.2. The lowest BCUT2D eigenvalue weighted by Gasteiger charge is -2.33. The topological polar surface area (TPSA) is 61.4 Å². The fourth-order valence-electron chi connectivity index (χ4n) is 2.28. The molecule has 22 heavy (non-hydrogen) atoms. The van der Waals surface area contributed by atoms with Crippen LogP contribution in [0.15, 0.2) is 18.2 Å². The summed E-state index contributed by atoms with van der Waals surface area (Å²) < 4.78 is 0. The first kappa shape index (κ1) is 17.1. The molecule has 0 spiro atoms. The number of rotatable bonds is 5. The minimum Gasteiger partial charge on any atom is -0.336 e. The van der Waals surface area contributed by atoms with Crippen molar-refractivity contribution in [3.05, 3.63) is 28.2 Å². The van der Waals surface area contributed by atoms with Crippen molar-refractivity contribution in [1.29, 1.82) is 0 Å². The van der Waals surface area contributed by atoms with E-state index < -0.39 is 0 Å². The molecule has 1 aliphatic rings. The minimum atomic E-state index is -0.270. The summed E-state index contributed by atoms with van der Waals surface area (Å²) in [7, 11) is 1.64. The van der Waals surface area contributed by atoms with Crippen LogP contribution in [0.1, 0.15) is 6.92 Å². The summed E-state index contributed by atoms with van der Waals surface area (Å²) in [5.74, 6) is -0.0129. The number of anilines is 1. The molecule has 0 bridgehead atoms. The Hall–Kier alpha value is -1.30. The maximum absolute atomic E-state index is 12.2. The second-order valence-electron chi connectivity index (χ2n) is 5.58. The van der Waals surface area contributed by atoms with Crippen LogP contribution < -0.4 is 10.6 Å². The van der Waals surface area contributed by atoms with Crippen LogP contribution in [0.25, 0.3) is 0 Å². The van der Waals surface area contributed by atoms with Crippen LogP contribution in [0.3, 0.4) is 0 Å². The molecule has 1 aromatic rings. The standard InChI is InChI=1S/C15H19Cl2N3O2/c1-9(10-6-18-7-10)15(22)20(2)8-14(21)19-11-3-4-12(16)13(17)5-11/h3-5,9-10,18H,6-8H2,1-2H3,(H,19,21). The number of halogens is 2. The van der Waals surface area contributed by atoms with Gasteiger partial charge in [-0.1, -0.05) is 30.1 Å². The number of nitrogens with one attached hydrogen (secondary N) is 2. The highest BCUT2D eigenvalue weighted by atomic mass is 35.5. The largest absolute Gasteiger partial charge is 0.336 e. The highest BCUT2D eigenvalue weighted by Crippen LogP contribution is 2.25. The average molecular weight is 344 g/mol. The lowest BCUT2D eigenvalue weighted by atomic mass is 9.88. The van der Waals surface area contributed by atoms with Crippen molar-refractivity contribution in [3.63, 3.8) is 0 Å². The van der Waals surface area contributed by atoms with Gasteiger partial charge in [0.25, 0.3) is 0 Å². The summed E-state index contributed by atoms with van der Waals surface area (Å²) in [5, 5.41) is 6.65. The molecule has 0 saturated carbocycles. The zero-order valence-corrected chi connectivity index (χ0v) is 14.0. The van der Waals surface area contributed by atoms with Crippen LogP contribution >= 0.6 is 23.2 Å². The Labute approximate surface area is 139 Å². The number of carbonyl (C=O) groups is 2. The van der Waals surface area contributed by atoms with Crippen molar-refractivity contribution in [2.75, 3.05) is 32.0 Å². The fourth-order valence-corrected chi connectivity index (χ4v) is 2.58. The zero-order chi connectivity index (χ0) is 16.3. The average Bonchev–Trinajstić information content (AvgIpc) is 2.39. The molecule has 1 saturated heterocycles. The number of hydrogen-bond donors (Lipinski definition) is 2. The highest BCUT2D eigenvalue weighted by molar-refractivity contribution is 6.42. The number of nitrogens with zero attached hydrogens (tertiary/aromatic N) is 1. The van der Waals surface area contributed by atoms with Gasteiger partial charge in [0.05, 0.1) is 16.6 Å². The van der Waals surface area contributed by atoms with E-state index >= 15 is 0 Å². The monoisotopic (exact) mass is 343 g/mol. The molecular weight excluding hydrogens is 325 g/mol. The van der Waals surface area contributed by atoms with Crippen LogP contribution in [0.2, 0.25) is 10.0 Å². The number of likely N-dealkylation sites (N-methyl/N-ethyl adjacent to an activating group) is 1. The van der Waals surface area contributed by atoms with Gasteiger partial charge in [0.15, 0.2) is 0 Å². The number of amides is 2. The highest BCUT2D eigenvalue weighted by Gasteiger charge is 2.30. The van der Waals surface area contributed by atoms with Crippen LogP contribution in [0.4, 0.5) is 5.69 Å². The van der Waals surface area contributed by atoms with Crippen LogP contribution in [-0.4, -0.2) is 43.4 Å². The smallest absolute Gasteiger partial charge is 0.243 e. The molecule has 2 amide bonds. The van der Waals surface area contributed by atoms with Gasteiger partial charge in [-0.2, -0.15) is 0 Å². The summed E-state index contributed by atoms with van der Waals surface area (Å²) in [6, 6.07) is 4.85. The third kappa shape index (κ3) is 4.12. The van der Waals surface area contributed by atoms with Gasteiger partial charge in [0.2, 0.25) is 11.8 Å². The summed E-state index contributed by atoms with van der Waals surface area (Å²) in [4.78, 5) is 25.7. The van der Waals surface area contributed by atoms with Gasteiger partial charge in [-0.25, -0.2) is 0 Å². The summed E-state index contributed by atoms with van der Waals surface area (Å²) in [6.45, 7) is 3.62. The summed E-state index contributed by atoms with van der Waals surface area (Å²) in [5.41, 5.74) is 0.552. The lowest BCUT2D eigenvalue weighted by Crippen LogP contribution is -2.50. The molecule has 1 fully saturated rings. The summed E-state index contributed by atoms with van der Waals surface area (Å²) in [6.07, 6.45) is 0. The van der Waals surface area contributed by atoms with E-state index in [4.69, 9.17) is 23.2 Å². The predicted octanol–water partition coefficient (Wildman–Crippen LogP) is 2.25. The molecule has 5 nitrogen and oxygen atoms in total. The normalized spacial score (nSPS) is 15.8. The van der Waals surface area contributed by atoms with Crippen molar-refractivity contribution < 1.29 is 9.59 Å². The Morgan fingerprint density at radius 2 is 2.05 bits per heavy atom. The van der Waals surface area contributed by atoms with Gasteiger partial charge >= 0.3 is 0 Å². The molecule has 7 heteroatoms. The van der Waals surface area contributed by atoms with E-state index in [0.717, 1.165) is 13.1 Å². The zero-order valence-electron chi connectivity index (χ0n) is 12.5. The third-order valence-corrected chi connectivity index (χ3v) is 4.61. The number of carbonyl (C=O) groups excluding carboxylic acids is 2. The van der Waals surface area contributed by atoms with E-state index in [2.05, 4.69) is 10.6 Å². The second kappa shape index (κ2) is 7.31. The van der Waals surface area contributed by atoms with Crippen molar-refractivity contribution in [2.45, 2.75) is 6.92 Å². The molecule has 1 heterocycles. The quantitative estimate of drug-likeness (QED) is 0.861. The predicted molar refractivity (Wildman–Crippen MR) is 88.3 cm³/mol. The van der Waals surface area contributed by atoms with Gasteiger partial charge in [0.1, 0.15) is 0 Å². The molecule has 1 aromatic carbocycles. The van der Waals surface area contributed by atoms with E-state index in [-0.39, 0.29) is 24.3 Å². The number of benzene rings is 1. The van der Waals surface area contributed by atoms with E-state index in [1.165, 1.54) is 4.90 Å². The van der Waals surface area contributed by atoms with E-state index in [1.807, 2.05) is 6.92 Å². The summed E-state index contributed by atoms with van der Waals surface area (Å²) >= 11 is 11.7. The van der Waals surface area contributed by atoms with Crippen molar-refractivity contribution in [2.24, 2.45) is 11.8 Å². The van der Waals surface area contributed by atoms with Crippen molar-refractivity contribution in [3.8, 4) is 0 Å².